The van der Waals surface area contributed by atoms with E-state index < -0.39 is 16.0 Å². The van der Waals surface area contributed by atoms with Crippen LogP contribution >= 0.6 is 22.9 Å². The van der Waals surface area contributed by atoms with E-state index in [1.807, 2.05) is 0 Å². The number of sulfonamides is 1. The molecule has 7 nitrogen and oxygen atoms in total. The second kappa shape index (κ2) is 5.73. The van der Waals surface area contributed by atoms with Crippen molar-refractivity contribution in [1.82, 2.24) is 9.97 Å². The first-order valence-corrected chi connectivity index (χ1v) is 7.84. The summed E-state index contributed by atoms with van der Waals surface area (Å²) in [5, 5.41) is 0.237. The number of anilines is 1. The van der Waals surface area contributed by atoms with E-state index in [1.165, 1.54) is 23.8 Å². The van der Waals surface area contributed by atoms with Gasteiger partial charge in [-0.1, -0.05) is 11.6 Å². The van der Waals surface area contributed by atoms with Gasteiger partial charge in [-0.3, -0.25) is 4.72 Å². The summed E-state index contributed by atoms with van der Waals surface area (Å²) < 4.78 is 30.9. The molecule has 0 unspecified atom stereocenters. The standard InChI is InChI=1S/C10H8ClN3O4S2/c1-18-9(15)8-10(19-5-13-8)20(16,17)14-6-2-3-7(11)12-4-6/h2-5,14H,1H3. The molecule has 2 aromatic rings. The number of carbonyl (C=O) groups excluding carboxylic acids is 1. The van der Waals surface area contributed by atoms with E-state index in [-0.39, 0.29) is 20.7 Å². The van der Waals surface area contributed by atoms with Crippen LogP contribution in [0.3, 0.4) is 0 Å². The summed E-state index contributed by atoms with van der Waals surface area (Å²) in [6.07, 6.45) is 1.26. The molecule has 2 aromatic heterocycles. The highest BCUT2D eigenvalue weighted by Crippen LogP contribution is 2.23. The van der Waals surface area contributed by atoms with Gasteiger partial charge in [0.2, 0.25) is 0 Å². The van der Waals surface area contributed by atoms with Crippen molar-refractivity contribution in [2.75, 3.05) is 11.8 Å². The van der Waals surface area contributed by atoms with Crippen molar-refractivity contribution in [1.29, 1.82) is 0 Å². The molecular weight excluding hydrogens is 326 g/mol. The van der Waals surface area contributed by atoms with Gasteiger partial charge in [0, 0.05) is 0 Å². The lowest BCUT2D eigenvalue weighted by molar-refractivity contribution is 0.0590. The Hall–Kier alpha value is -1.71. The van der Waals surface area contributed by atoms with Gasteiger partial charge < -0.3 is 4.74 Å². The minimum atomic E-state index is -3.95. The third-order valence-electron chi connectivity index (χ3n) is 2.14. The second-order valence-electron chi connectivity index (χ2n) is 3.46. The van der Waals surface area contributed by atoms with Crippen LogP contribution in [0.15, 0.2) is 28.0 Å². The van der Waals surface area contributed by atoms with Crippen LogP contribution in [0.5, 0.6) is 0 Å². The first kappa shape index (κ1) is 14.7. The van der Waals surface area contributed by atoms with E-state index in [0.717, 1.165) is 18.4 Å². The maximum absolute atomic E-state index is 12.2. The minimum absolute atomic E-state index is 0.221. The topological polar surface area (TPSA) is 98.2 Å². The van der Waals surface area contributed by atoms with Crippen molar-refractivity contribution in [2.24, 2.45) is 0 Å². The normalized spacial score (nSPS) is 11.1. The smallest absolute Gasteiger partial charge is 0.358 e. The molecule has 0 aliphatic heterocycles. The average molecular weight is 334 g/mol. The number of pyridine rings is 1. The van der Waals surface area contributed by atoms with Gasteiger partial charge in [0.25, 0.3) is 10.0 Å². The number of nitrogens with one attached hydrogen (secondary N) is 1. The molecule has 0 saturated carbocycles. The molecule has 0 aromatic carbocycles. The number of esters is 1. The quantitative estimate of drug-likeness (QED) is 0.676. The van der Waals surface area contributed by atoms with Gasteiger partial charge in [0.1, 0.15) is 5.15 Å². The summed E-state index contributed by atoms with van der Waals surface area (Å²) >= 11 is 6.42. The lowest BCUT2D eigenvalue weighted by atomic mass is 10.4. The maximum Gasteiger partial charge on any atom is 0.358 e. The summed E-state index contributed by atoms with van der Waals surface area (Å²) in [4.78, 5) is 18.9. The third kappa shape index (κ3) is 3.06. The fraction of sp³-hybridized carbons (Fsp3) is 0.100. The van der Waals surface area contributed by atoms with Crippen LogP contribution in [-0.4, -0.2) is 31.5 Å². The van der Waals surface area contributed by atoms with E-state index >= 15 is 0 Å². The van der Waals surface area contributed by atoms with Crippen LogP contribution in [0.4, 0.5) is 5.69 Å². The van der Waals surface area contributed by atoms with Gasteiger partial charge in [0.15, 0.2) is 9.90 Å². The highest BCUT2D eigenvalue weighted by atomic mass is 35.5. The number of aromatic nitrogens is 2. The number of thiazole rings is 1. The Morgan fingerprint density at radius 1 is 1.40 bits per heavy atom. The Morgan fingerprint density at radius 3 is 2.75 bits per heavy atom. The van der Waals surface area contributed by atoms with Crippen molar-refractivity contribution in [3.63, 3.8) is 0 Å². The summed E-state index contributed by atoms with van der Waals surface area (Å²) in [5.74, 6) is -0.819. The number of methoxy groups -OCH3 is 1. The predicted octanol–water partition coefficient (Wildman–Crippen LogP) is 1.78. The van der Waals surface area contributed by atoms with Crippen molar-refractivity contribution in [3.05, 3.63) is 34.7 Å². The zero-order chi connectivity index (χ0) is 14.8. The van der Waals surface area contributed by atoms with E-state index in [9.17, 15) is 13.2 Å². The largest absolute Gasteiger partial charge is 0.464 e. The first-order valence-electron chi connectivity index (χ1n) is 5.10. The van der Waals surface area contributed by atoms with Crippen LogP contribution in [0.2, 0.25) is 5.15 Å². The molecule has 2 rings (SSSR count). The van der Waals surface area contributed by atoms with Gasteiger partial charge in [0.05, 0.1) is 24.5 Å². The Bertz CT molecular complexity index is 727. The predicted molar refractivity (Wildman–Crippen MR) is 73.5 cm³/mol. The molecule has 0 amide bonds. The van der Waals surface area contributed by atoms with E-state index in [4.69, 9.17) is 11.6 Å². The molecule has 0 aliphatic carbocycles. The molecule has 0 fully saturated rings. The van der Waals surface area contributed by atoms with Gasteiger partial charge in [-0.05, 0) is 12.1 Å². The summed E-state index contributed by atoms with van der Waals surface area (Å²) in [5.41, 5.74) is 1.21. The fourth-order valence-corrected chi connectivity index (χ4v) is 3.58. The Balaban J connectivity index is 2.34. The van der Waals surface area contributed by atoms with E-state index in [1.54, 1.807) is 0 Å². The van der Waals surface area contributed by atoms with Crippen molar-refractivity contribution in [3.8, 4) is 0 Å². The fourth-order valence-electron chi connectivity index (χ4n) is 1.30. The van der Waals surface area contributed by atoms with Gasteiger partial charge in [-0.25, -0.2) is 23.2 Å². The van der Waals surface area contributed by atoms with Gasteiger partial charge >= 0.3 is 5.97 Å². The minimum Gasteiger partial charge on any atom is -0.464 e. The van der Waals surface area contributed by atoms with E-state index in [2.05, 4.69) is 19.4 Å². The summed E-state index contributed by atoms with van der Waals surface area (Å²) in [6.45, 7) is 0. The molecule has 106 valence electrons. The molecule has 2 heterocycles. The summed E-state index contributed by atoms with van der Waals surface area (Å²) in [7, 11) is -2.80. The third-order valence-corrected chi connectivity index (χ3v) is 5.11. The molecule has 0 bridgehead atoms. The second-order valence-corrected chi connectivity index (χ2v) is 6.57. The molecule has 0 aliphatic rings. The number of nitrogens with zero attached hydrogens (tertiary/aromatic N) is 2. The van der Waals surface area contributed by atoms with Crippen molar-refractivity contribution in [2.45, 2.75) is 4.21 Å². The zero-order valence-corrected chi connectivity index (χ0v) is 12.4. The van der Waals surface area contributed by atoms with Crippen LogP contribution in [0.1, 0.15) is 10.5 Å². The maximum atomic E-state index is 12.2. The Labute approximate surface area is 123 Å². The van der Waals surface area contributed by atoms with Crippen LogP contribution in [0.25, 0.3) is 0 Å². The molecule has 0 atom stereocenters. The number of rotatable bonds is 4. The lowest BCUT2D eigenvalue weighted by Crippen LogP contribution is -2.16. The molecule has 0 saturated heterocycles. The van der Waals surface area contributed by atoms with Crippen LogP contribution in [0, 0.1) is 0 Å². The molecule has 0 radical (unpaired) electrons. The monoisotopic (exact) mass is 333 g/mol. The highest BCUT2D eigenvalue weighted by Gasteiger charge is 2.26. The average Bonchev–Trinajstić information content (AvgIpc) is 2.90. The number of hydrogen-bond donors (Lipinski definition) is 1. The lowest BCUT2D eigenvalue weighted by Gasteiger charge is -2.06. The number of ether oxygens (including phenoxy) is 1. The molecule has 0 spiro atoms. The zero-order valence-electron chi connectivity index (χ0n) is 10.0. The number of hydrogen-bond acceptors (Lipinski definition) is 7. The van der Waals surface area contributed by atoms with Crippen LogP contribution in [-0.2, 0) is 14.8 Å². The summed E-state index contributed by atoms with van der Waals surface area (Å²) in [6, 6.07) is 2.89. The molecule has 20 heavy (non-hydrogen) atoms. The number of carbonyl (C=O) groups is 1. The van der Waals surface area contributed by atoms with Gasteiger partial charge in [-0.2, -0.15) is 0 Å². The van der Waals surface area contributed by atoms with Crippen LogP contribution < -0.4 is 4.72 Å². The first-order chi connectivity index (χ1) is 9.44. The molecular formula is C10H8ClN3O4S2. The Morgan fingerprint density at radius 2 is 2.15 bits per heavy atom. The van der Waals surface area contributed by atoms with Gasteiger partial charge in [-0.15, -0.1) is 11.3 Å². The molecule has 10 heteroatoms. The SMILES string of the molecule is COC(=O)c1ncsc1S(=O)(=O)Nc1ccc(Cl)nc1. The number of halogens is 1. The van der Waals surface area contributed by atoms with Crippen molar-refractivity contribution < 1.29 is 17.9 Å². The molecule has 1 N–H and O–H groups in total. The van der Waals surface area contributed by atoms with E-state index in [0.29, 0.717) is 0 Å². The Kier molecular flexibility index (Phi) is 4.21. The highest BCUT2D eigenvalue weighted by molar-refractivity contribution is 7.94. The van der Waals surface area contributed by atoms with Crippen molar-refractivity contribution >= 4 is 44.6 Å².